The molecule has 4 rings (SSSR count). The minimum absolute atomic E-state index is 0.222. The highest BCUT2D eigenvalue weighted by molar-refractivity contribution is 6.30. The summed E-state index contributed by atoms with van der Waals surface area (Å²) >= 11 is 0. The van der Waals surface area contributed by atoms with E-state index in [0.717, 1.165) is 19.6 Å². The van der Waals surface area contributed by atoms with Crippen LogP contribution in [0.25, 0.3) is 12.2 Å². The zero-order valence-corrected chi connectivity index (χ0v) is 23.2. The van der Waals surface area contributed by atoms with Crippen LogP contribution in [-0.2, 0) is 19.2 Å². The number of carbonyl (C=O) groups excluding carboxylic acids is 6. The van der Waals surface area contributed by atoms with Crippen molar-refractivity contribution in [3.05, 3.63) is 106 Å². The van der Waals surface area contributed by atoms with Crippen molar-refractivity contribution in [1.29, 1.82) is 0 Å². The molecule has 0 saturated carbocycles. The van der Waals surface area contributed by atoms with Crippen molar-refractivity contribution in [2.45, 2.75) is 0 Å². The number of carbonyl (C=O) groups is 6. The van der Waals surface area contributed by atoms with E-state index >= 15 is 0 Å². The molecular formula is C30H26N6O6. The van der Waals surface area contributed by atoms with Crippen molar-refractivity contribution >= 4 is 47.8 Å². The topological polar surface area (TPSA) is 140 Å². The van der Waals surface area contributed by atoms with Crippen LogP contribution in [0.15, 0.2) is 106 Å². The molecule has 2 fully saturated rings. The predicted octanol–water partition coefficient (Wildman–Crippen LogP) is 3.47. The third kappa shape index (κ3) is 5.72. The van der Waals surface area contributed by atoms with Crippen molar-refractivity contribution in [2.24, 2.45) is 10.2 Å². The Labute approximate surface area is 241 Å². The van der Waals surface area contributed by atoms with Crippen LogP contribution in [0.5, 0.6) is 0 Å². The first-order chi connectivity index (χ1) is 20.0. The Balaban J connectivity index is 1.92. The second-order valence-corrected chi connectivity index (χ2v) is 9.23. The zero-order chi connectivity index (χ0) is 30.6. The Hall–Kier alpha value is -5.78. The van der Waals surface area contributed by atoms with Gasteiger partial charge in [0, 0.05) is 28.2 Å². The van der Waals surface area contributed by atoms with Crippen LogP contribution in [0.2, 0.25) is 0 Å². The van der Waals surface area contributed by atoms with E-state index < -0.39 is 46.8 Å². The smallest absolute Gasteiger partial charge is 0.268 e. The standard InChI is InChI=1S/C30H26N6O6/c1-33-25(37)23(26(38)34(2)29(33)41)21(17-15-19-11-7-5-8-12-19)31-32-22(18-16-20-13-9-6-10-14-20)24-27(39)35(3)30(42)36(4)28(24)40/h5-18H,1-4H3/b17-15+,18-16+,32-31?. The Morgan fingerprint density at radius 1 is 0.500 bits per heavy atom. The van der Waals surface area contributed by atoms with E-state index in [1.165, 1.54) is 40.3 Å². The summed E-state index contributed by atoms with van der Waals surface area (Å²) in [6, 6.07) is 16.3. The molecule has 2 aromatic carbocycles. The van der Waals surface area contributed by atoms with E-state index in [1.54, 1.807) is 60.7 Å². The van der Waals surface area contributed by atoms with Gasteiger partial charge in [-0.1, -0.05) is 72.8 Å². The Bertz CT molecular complexity index is 1460. The van der Waals surface area contributed by atoms with Crippen LogP contribution in [0, 0.1) is 0 Å². The minimum Gasteiger partial charge on any atom is -0.268 e. The molecule has 2 aromatic rings. The molecule has 2 saturated heterocycles. The molecule has 2 heterocycles. The first-order valence-electron chi connectivity index (χ1n) is 12.6. The van der Waals surface area contributed by atoms with Crippen molar-refractivity contribution in [2.75, 3.05) is 28.2 Å². The van der Waals surface area contributed by atoms with Gasteiger partial charge < -0.3 is 0 Å². The number of imide groups is 4. The number of rotatable bonds is 6. The second kappa shape index (κ2) is 12.2. The van der Waals surface area contributed by atoms with Crippen molar-refractivity contribution in [3.8, 4) is 0 Å². The largest absolute Gasteiger partial charge is 0.333 e. The molecular weight excluding hydrogens is 540 g/mol. The first kappa shape index (κ1) is 29.2. The molecule has 0 unspecified atom stereocenters. The van der Waals surface area contributed by atoms with Crippen LogP contribution >= 0.6 is 0 Å². The van der Waals surface area contributed by atoms with Gasteiger partial charge in [-0.15, -0.1) is 10.2 Å². The molecule has 0 spiro atoms. The highest BCUT2D eigenvalue weighted by Gasteiger charge is 2.41. The summed E-state index contributed by atoms with van der Waals surface area (Å²) in [5.74, 6) is -3.62. The van der Waals surface area contributed by atoms with E-state index in [-0.39, 0.29) is 11.4 Å². The van der Waals surface area contributed by atoms with Gasteiger partial charge in [-0.25, -0.2) is 9.59 Å². The number of barbiturate groups is 2. The fourth-order valence-electron chi connectivity index (χ4n) is 4.01. The first-order valence-corrected chi connectivity index (χ1v) is 12.6. The fraction of sp³-hybridized carbons (Fsp3) is 0.133. The molecule has 0 N–H and O–H groups in total. The van der Waals surface area contributed by atoms with Gasteiger partial charge in [-0.2, -0.15) is 0 Å². The van der Waals surface area contributed by atoms with Gasteiger partial charge in [0.2, 0.25) is 0 Å². The molecule has 0 atom stereocenters. The maximum absolute atomic E-state index is 13.1. The number of amides is 8. The normalized spacial score (nSPS) is 16.8. The summed E-state index contributed by atoms with van der Waals surface area (Å²) in [6.45, 7) is 0. The third-order valence-corrected chi connectivity index (χ3v) is 6.47. The lowest BCUT2D eigenvalue weighted by molar-refractivity contribution is -0.136. The number of azo groups is 1. The average molecular weight is 567 g/mol. The monoisotopic (exact) mass is 566 g/mol. The molecule has 12 heteroatoms. The number of hydrogen-bond acceptors (Lipinski definition) is 8. The molecule has 2 aliphatic rings. The lowest BCUT2D eigenvalue weighted by Crippen LogP contribution is -2.53. The van der Waals surface area contributed by atoms with Crippen molar-refractivity contribution in [1.82, 2.24) is 19.6 Å². The predicted molar refractivity (Wildman–Crippen MR) is 152 cm³/mol. The molecule has 2 aliphatic heterocycles. The number of likely N-dealkylation sites (N-methyl/N-ethyl adjacent to an activating group) is 4. The highest BCUT2D eigenvalue weighted by Crippen LogP contribution is 2.25. The van der Waals surface area contributed by atoms with E-state index in [0.29, 0.717) is 11.1 Å². The maximum Gasteiger partial charge on any atom is 0.333 e. The lowest BCUT2D eigenvalue weighted by atomic mass is 10.1. The summed E-state index contributed by atoms with van der Waals surface area (Å²) in [5.41, 5.74) is 0.0808. The molecule has 212 valence electrons. The summed E-state index contributed by atoms with van der Waals surface area (Å²) in [4.78, 5) is 80.2. The van der Waals surface area contributed by atoms with E-state index in [4.69, 9.17) is 0 Å². The Morgan fingerprint density at radius 2 is 0.786 bits per heavy atom. The van der Waals surface area contributed by atoms with Gasteiger partial charge in [-0.3, -0.25) is 38.8 Å². The van der Waals surface area contributed by atoms with Gasteiger partial charge in [0.15, 0.2) is 0 Å². The molecule has 0 aromatic heterocycles. The third-order valence-electron chi connectivity index (χ3n) is 6.47. The van der Waals surface area contributed by atoms with E-state index in [1.807, 2.05) is 12.1 Å². The number of hydrogen-bond donors (Lipinski definition) is 0. The highest BCUT2D eigenvalue weighted by atomic mass is 16.2. The number of allylic oxidation sites excluding steroid dienone is 2. The molecule has 8 amide bonds. The second-order valence-electron chi connectivity index (χ2n) is 9.23. The summed E-state index contributed by atoms with van der Waals surface area (Å²) in [6.07, 6.45) is 5.91. The quantitative estimate of drug-likeness (QED) is 0.298. The van der Waals surface area contributed by atoms with Crippen molar-refractivity contribution in [3.63, 3.8) is 0 Å². The number of nitrogens with zero attached hydrogens (tertiary/aromatic N) is 6. The summed E-state index contributed by atoms with van der Waals surface area (Å²) < 4.78 is 0. The van der Waals surface area contributed by atoms with Gasteiger partial charge in [0.25, 0.3) is 23.6 Å². The van der Waals surface area contributed by atoms with Gasteiger partial charge in [0.05, 0.1) is 0 Å². The Morgan fingerprint density at radius 3 is 1.07 bits per heavy atom. The van der Waals surface area contributed by atoms with Crippen LogP contribution in [0.4, 0.5) is 9.59 Å². The molecule has 42 heavy (non-hydrogen) atoms. The van der Waals surface area contributed by atoms with Crippen LogP contribution in [0.3, 0.4) is 0 Å². The Kier molecular flexibility index (Phi) is 8.46. The zero-order valence-electron chi connectivity index (χ0n) is 23.2. The molecule has 12 nitrogen and oxygen atoms in total. The SMILES string of the molecule is CN1C(=O)C(=C(/C=C/c2ccccc2)N=NC(/C=C/c2ccccc2)=C2C(=O)N(C)C(=O)N(C)C2=O)C(=O)N(C)C1=O. The lowest BCUT2D eigenvalue weighted by Gasteiger charge is -2.29. The minimum atomic E-state index is -0.904. The van der Waals surface area contributed by atoms with Crippen LogP contribution in [0.1, 0.15) is 11.1 Å². The number of urea groups is 2. The molecule has 0 radical (unpaired) electrons. The number of benzene rings is 2. The fourth-order valence-corrected chi connectivity index (χ4v) is 4.01. The van der Waals surface area contributed by atoms with Gasteiger partial charge >= 0.3 is 12.1 Å². The van der Waals surface area contributed by atoms with Gasteiger partial charge in [-0.05, 0) is 23.3 Å². The summed E-state index contributed by atoms with van der Waals surface area (Å²) in [5, 5.41) is 8.32. The van der Waals surface area contributed by atoms with Crippen molar-refractivity contribution < 1.29 is 28.8 Å². The summed E-state index contributed by atoms with van der Waals surface area (Å²) in [7, 11) is 4.89. The average Bonchev–Trinajstić information content (AvgIpc) is 3.01. The van der Waals surface area contributed by atoms with E-state index in [2.05, 4.69) is 10.2 Å². The van der Waals surface area contributed by atoms with Gasteiger partial charge in [0.1, 0.15) is 22.5 Å². The van der Waals surface area contributed by atoms with Crippen LogP contribution in [-0.4, -0.2) is 83.5 Å². The van der Waals surface area contributed by atoms with E-state index in [9.17, 15) is 28.8 Å². The molecule has 0 aliphatic carbocycles. The maximum atomic E-state index is 13.1. The molecule has 0 bridgehead atoms. The van der Waals surface area contributed by atoms with Crippen LogP contribution < -0.4 is 0 Å².